The maximum Gasteiger partial charge on any atom is 0.229 e. The number of amides is 1. The highest BCUT2D eigenvalue weighted by Crippen LogP contribution is 2.33. The molecule has 1 aromatic carbocycles. The number of benzene rings is 1. The lowest BCUT2D eigenvalue weighted by Crippen LogP contribution is -2.12. The minimum atomic E-state index is 0.0792. The van der Waals surface area contributed by atoms with E-state index in [1.165, 1.54) is 11.3 Å². The second kappa shape index (κ2) is 4.45. The van der Waals surface area contributed by atoms with Crippen LogP contribution in [0.2, 0.25) is 0 Å². The fourth-order valence-corrected chi connectivity index (χ4v) is 2.81. The molecule has 4 rings (SSSR count). The normalized spacial score (nSPS) is 14.6. The average molecular weight is 284 g/mol. The van der Waals surface area contributed by atoms with Crippen LogP contribution < -0.4 is 5.32 Å². The van der Waals surface area contributed by atoms with Crippen LogP contribution >= 0.6 is 11.3 Å². The monoisotopic (exact) mass is 284 g/mol. The largest absolute Gasteiger partial charge is 0.454 e. The number of hydrogen-bond acceptors (Lipinski definition) is 4. The Hall–Kier alpha value is -2.14. The third kappa shape index (κ3) is 2.10. The van der Waals surface area contributed by atoms with Crippen molar-refractivity contribution in [3.8, 4) is 11.5 Å². The Balaban J connectivity index is 1.61. The summed E-state index contributed by atoms with van der Waals surface area (Å²) in [5.74, 6) is 0.999. The zero-order chi connectivity index (χ0) is 13.5. The van der Waals surface area contributed by atoms with Gasteiger partial charge in [0.05, 0.1) is 0 Å². The van der Waals surface area contributed by atoms with Gasteiger partial charge in [0.2, 0.25) is 5.91 Å². The molecule has 1 fully saturated rings. The van der Waals surface area contributed by atoms with Crippen molar-refractivity contribution in [2.45, 2.75) is 12.8 Å². The number of hydrogen-bond donors (Lipinski definition) is 1. The fourth-order valence-electron chi connectivity index (χ4n) is 2.11. The van der Waals surface area contributed by atoms with E-state index in [1.54, 1.807) is 0 Å². The molecular weight excluding hydrogens is 272 g/mol. The molecule has 5 heteroatoms. The van der Waals surface area contributed by atoms with E-state index in [9.17, 15) is 4.79 Å². The number of nitrogens with zero attached hydrogens (tertiary/aromatic N) is 1. The van der Waals surface area contributed by atoms with Gasteiger partial charge in [-0.2, -0.15) is 0 Å². The Morgan fingerprint density at radius 2 is 2.20 bits per heavy atom. The highest BCUT2D eigenvalue weighted by Gasteiger charge is 2.30. The van der Waals surface area contributed by atoms with E-state index in [-0.39, 0.29) is 11.8 Å². The summed E-state index contributed by atoms with van der Waals surface area (Å²) in [5.41, 5.74) is 1.61. The molecule has 0 saturated heterocycles. The van der Waals surface area contributed by atoms with Gasteiger partial charge in [-0.15, -0.1) is 11.3 Å². The van der Waals surface area contributed by atoms with Gasteiger partial charge in [0.1, 0.15) is 11.3 Å². The Labute approximate surface area is 119 Å². The number of furan rings is 1. The third-order valence-corrected chi connectivity index (χ3v) is 4.12. The minimum absolute atomic E-state index is 0.0792. The number of anilines is 1. The van der Waals surface area contributed by atoms with Gasteiger partial charge in [0, 0.05) is 16.7 Å². The van der Waals surface area contributed by atoms with Crippen molar-refractivity contribution in [2.75, 3.05) is 5.32 Å². The van der Waals surface area contributed by atoms with E-state index in [4.69, 9.17) is 4.42 Å². The van der Waals surface area contributed by atoms with Gasteiger partial charge in [-0.1, -0.05) is 18.2 Å². The van der Waals surface area contributed by atoms with Crippen LogP contribution in [0, 0.1) is 5.92 Å². The number of thiazole rings is 1. The first-order valence-corrected chi connectivity index (χ1v) is 7.43. The molecule has 1 amide bonds. The van der Waals surface area contributed by atoms with Crippen LogP contribution in [0.3, 0.4) is 0 Å². The van der Waals surface area contributed by atoms with Gasteiger partial charge in [0.15, 0.2) is 10.9 Å². The van der Waals surface area contributed by atoms with Crippen molar-refractivity contribution < 1.29 is 9.21 Å². The molecule has 0 aliphatic heterocycles. The first kappa shape index (κ1) is 11.7. The Morgan fingerprint density at radius 3 is 3.00 bits per heavy atom. The van der Waals surface area contributed by atoms with Crippen molar-refractivity contribution in [3.63, 3.8) is 0 Å². The van der Waals surface area contributed by atoms with Gasteiger partial charge in [-0.05, 0) is 25.0 Å². The number of rotatable bonds is 3. The predicted octanol–water partition coefficient (Wildman–Crippen LogP) is 3.90. The molecule has 1 saturated carbocycles. The Bertz CT molecular complexity index is 753. The van der Waals surface area contributed by atoms with Crippen molar-refractivity contribution in [1.29, 1.82) is 0 Å². The summed E-state index contributed by atoms with van der Waals surface area (Å²) in [6, 6.07) is 9.82. The van der Waals surface area contributed by atoms with Crippen molar-refractivity contribution in [1.82, 2.24) is 4.98 Å². The van der Waals surface area contributed by atoms with E-state index in [2.05, 4.69) is 10.3 Å². The highest BCUT2D eigenvalue weighted by atomic mass is 32.1. The summed E-state index contributed by atoms with van der Waals surface area (Å²) in [5, 5.41) is 6.45. The summed E-state index contributed by atoms with van der Waals surface area (Å²) in [4.78, 5) is 16.1. The van der Waals surface area contributed by atoms with Crippen LogP contribution in [0.25, 0.3) is 22.4 Å². The molecule has 4 nitrogen and oxygen atoms in total. The minimum Gasteiger partial charge on any atom is -0.454 e. The number of carbonyl (C=O) groups excluding carboxylic acids is 1. The van der Waals surface area contributed by atoms with E-state index in [0.29, 0.717) is 5.13 Å². The second-order valence-electron chi connectivity index (χ2n) is 4.95. The second-order valence-corrected chi connectivity index (χ2v) is 5.81. The zero-order valence-electron chi connectivity index (χ0n) is 10.6. The third-order valence-electron chi connectivity index (χ3n) is 3.36. The van der Waals surface area contributed by atoms with Crippen molar-refractivity contribution in [2.24, 2.45) is 5.92 Å². The van der Waals surface area contributed by atoms with Crippen LogP contribution in [0.5, 0.6) is 0 Å². The van der Waals surface area contributed by atoms with E-state index >= 15 is 0 Å². The van der Waals surface area contributed by atoms with E-state index < -0.39 is 0 Å². The van der Waals surface area contributed by atoms with Crippen LogP contribution in [0.4, 0.5) is 5.13 Å². The quantitative estimate of drug-likeness (QED) is 0.793. The fraction of sp³-hybridized carbons (Fsp3) is 0.200. The molecule has 0 atom stereocenters. The number of aromatic nitrogens is 1. The van der Waals surface area contributed by atoms with Crippen molar-refractivity contribution >= 4 is 33.3 Å². The summed E-state index contributed by atoms with van der Waals surface area (Å²) in [6.45, 7) is 0. The number of para-hydroxylation sites is 1. The van der Waals surface area contributed by atoms with Gasteiger partial charge in [-0.25, -0.2) is 4.98 Å². The molecule has 3 aromatic rings. The molecule has 0 spiro atoms. The zero-order valence-corrected chi connectivity index (χ0v) is 11.4. The summed E-state index contributed by atoms with van der Waals surface area (Å²) >= 11 is 1.42. The number of carbonyl (C=O) groups is 1. The molecular formula is C15H12N2O2S. The van der Waals surface area contributed by atoms with Crippen molar-refractivity contribution in [3.05, 3.63) is 35.7 Å². The lowest BCUT2D eigenvalue weighted by Gasteiger charge is -1.97. The van der Waals surface area contributed by atoms with Gasteiger partial charge in [-0.3, -0.25) is 4.79 Å². The topological polar surface area (TPSA) is 55.1 Å². The van der Waals surface area contributed by atoms with Crippen LogP contribution in [-0.2, 0) is 4.79 Å². The van der Waals surface area contributed by atoms with Crippen LogP contribution in [0.15, 0.2) is 40.1 Å². The molecule has 0 unspecified atom stereocenters. The SMILES string of the molecule is O=C(Nc1nc(-c2cc3ccccc3o2)cs1)C1CC1. The summed E-state index contributed by atoms with van der Waals surface area (Å²) in [7, 11) is 0. The van der Waals surface area contributed by atoms with Crippen LogP contribution in [-0.4, -0.2) is 10.9 Å². The molecule has 0 radical (unpaired) electrons. The number of nitrogens with one attached hydrogen (secondary N) is 1. The molecule has 2 aromatic heterocycles. The van der Waals surface area contributed by atoms with E-state index in [1.807, 2.05) is 35.7 Å². The molecule has 100 valence electrons. The maximum absolute atomic E-state index is 11.7. The predicted molar refractivity (Wildman–Crippen MR) is 78.7 cm³/mol. The first-order valence-electron chi connectivity index (χ1n) is 6.55. The molecule has 1 aliphatic rings. The first-order chi connectivity index (χ1) is 9.79. The highest BCUT2D eigenvalue weighted by molar-refractivity contribution is 7.14. The molecule has 1 aliphatic carbocycles. The van der Waals surface area contributed by atoms with Crippen LogP contribution in [0.1, 0.15) is 12.8 Å². The Kier molecular flexibility index (Phi) is 2.60. The molecule has 2 heterocycles. The lowest BCUT2D eigenvalue weighted by molar-refractivity contribution is -0.117. The smallest absolute Gasteiger partial charge is 0.229 e. The standard InChI is InChI=1S/C15H12N2O2S/c18-14(9-5-6-9)17-15-16-11(8-20-15)13-7-10-3-1-2-4-12(10)19-13/h1-4,7-9H,5-6H2,(H,16,17,18). The number of fused-ring (bicyclic) bond motifs is 1. The molecule has 20 heavy (non-hydrogen) atoms. The van der Waals surface area contributed by atoms with Gasteiger partial charge >= 0.3 is 0 Å². The van der Waals surface area contributed by atoms with E-state index in [0.717, 1.165) is 35.3 Å². The molecule has 1 N–H and O–H groups in total. The molecule has 0 bridgehead atoms. The maximum atomic E-state index is 11.7. The summed E-state index contributed by atoms with van der Waals surface area (Å²) < 4.78 is 5.76. The van der Waals surface area contributed by atoms with Gasteiger partial charge < -0.3 is 9.73 Å². The lowest BCUT2D eigenvalue weighted by atomic mass is 10.2. The Morgan fingerprint density at radius 1 is 1.35 bits per heavy atom. The van der Waals surface area contributed by atoms with Gasteiger partial charge in [0.25, 0.3) is 0 Å². The summed E-state index contributed by atoms with van der Waals surface area (Å²) in [6.07, 6.45) is 1.99. The average Bonchev–Trinajstić information content (AvgIpc) is 3.06.